The SMILES string of the molecule is C[n+]1cccc(C[C@@H](NC(=O)c2cc3ccccc3n2Cc2cccc(C#N)c2)C(N)=O)c1.O=C([O-])C(F)(F)F. The highest BCUT2D eigenvalue weighted by Crippen LogP contribution is 2.22. The second-order valence-electron chi connectivity index (χ2n) is 8.78. The van der Waals surface area contributed by atoms with Gasteiger partial charge in [0.15, 0.2) is 12.4 Å². The van der Waals surface area contributed by atoms with Gasteiger partial charge in [0.25, 0.3) is 5.91 Å². The fourth-order valence-electron chi connectivity index (χ4n) is 3.95. The molecule has 2 amide bonds. The van der Waals surface area contributed by atoms with Crippen molar-refractivity contribution in [2.75, 3.05) is 0 Å². The Labute approximate surface area is 226 Å². The lowest BCUT2D eigenvalue weighted by atomic mass is 10.1. The van der Waals surface area contributed by atoms with Gasteiger partial charge in [-0.1, -0.05) is 30.3 Å². The summed E-state index contributed by atoms with van der Waals surface area (Å²) in [5, 5.41) is 21.7. The number of hydrogen-bond donors (Lipinski definition) is 2. The van der Waals surface area contributed by atoms with Crippen molar-refractivity contribution in [2.45, 2.75) is 25.2 Å². The van der Waals surface area contributed by atoms with E-state index >= 15 is 0 Å². The number of fused-ring (bicyclic) bond motifs is 1. The Hall–Kier alpha value is -5.18. The first-order valence-corrected chi connectivity index (χ1v) is 11.8. The van der Waals surface area contributed by atoms with E-state index in [0.29, 0.717) is 24.2 Å². The van der Waals surface area contributed by atoms with Gasteiger partial charge in [0.1, 0.15) is 24.8 Å². The number of aromatic nitrogens is 2. The summed E-state index contributed by atoms with van der Waals surface area (Å²) in [4.78, 5) is 34.2. The third-order valence-electron chi connectivity index (χ3n) is 5.76. The highest BCUT2D eigenvalue weighted by molar-refractivity contribution is 6.00. The molecule has 0 unspecified atom stereocenters. The molecule has 3 N–H and O–H groups in total. The number of nitrogens with zero attached hydrogens (tertiary/aromatic N) is 3. The number of nitrogens with one attached hydrogen (secondary N) is 1. The molecule has 206 valence electrons. The minimum Gasteiger partial charge on any atom is -0.542 e. The van der Waals surface area contributed by atoms with Gasteiger partial charge in [-0.3, -0.25) is 9.59 Å². The fraction of sp³-hybridized carbons (Fsp3) is 0.179. The number of rotatable bonds is 7. The van der Waals surface area contributed by atoms with Crippen molar-refractivity contribution in [3.8, 4) is 6.07 Å². The molecule has 0 aliphatic heterocycles. The number of nitriles is 1. The largest absolute Gasteiger partial charge is 0.542 e. The number of nitrogens with two attached hydrogens (primary N) is 1. The Morgan fingerprint density at radius 2 is 1.75 bits per heavy atom. The van der Waals surface area contributed by atoms with Gasteiger partial charge in [-0.2, -0.15) is 18.4 Å². The number of primary amides is 1. The van der Waals surface area contributed by atoms with Gasteiger partial charge in [-0.05, 0) is 35.9 Å². The number of carboxylic acids is 1. The first-order valence-electron chi connectivity index (χ1n) is 11.8. The summed E-state index contributed by atoms with van der Waals surface area (Å²) < 4.78 is 35.3. The minimum atomic E-state index is -5.19. The Bertz CT molecular complexity index is 1590. The summed E-state index contributed by atoms with van der Waals surface area (Å²) in [5.74, 6) is -3.99. The average Bonchev–Trinajstić information content (AvgIpc) is 3.26. The van der Waals surface area contributed by atoms with Crippen LogP contribution in [0.5, 0.6) is 0 Å². The molecule has 0 spiro atoms. The number of alkyl halides is 3. The van der Waals surface area contributed by atoms with Gasteiger partial charge >= 0.3 is 6.18 Å². The first kappa shape index (κ1) is 29.4. The van der Waals surface area contributed by atoms with Crippen LogP contribution in [0, 0.1) is 11.3 Å². The van der Waals surface area contributed by atoms with Crippen molar-refractivity contribution in [3.63, 3.8) is 0 Å². The van der Waals surface area contributed by atoms with Crippen molar-refractivity contribution >= 4 is 28.7 Å². The number of carboxylic acid groups (broad SMARTS) is 1. The zero-order valence-corrected chi connectivity index (χ0v) is 21.2. The van der Waals surface area contributed by atoms with Crippen LogP contribution >= 0.6 is 0 Å². The summed E-state index contributed by atoms with van der Waals surface area (Å²) in [6.07, 6.45) is -1.12. The van der Waals surface area contributed by atoms with Gasteiger partial charge in [-0.15, -0.1) is 0 Å². The molecule has 0 aliphatic rings. The maximum Gasteiger partial charge on any atom is 0.430 e. The summed E-state index contributed by atoms with van der Waals surface area (Å²) in [6.45, 7) is 0.404. The molecule has 0 radical (unpaired) electrons. The first-order chi connectivity index (χ1) is 18.9. The smallest absolute Gasteiger partial charge is 0.430 e. The summed E-state index contributed by atoms with van der Waals surface area (Å²) in [7, 11) is 1.89. The number of pyridine rings is 1. The van der Waals surface area contributed by atoms with E-state index in [9.17, 15) is 28.0 Å². The Morgan fingerprint density at radius 1 is 1.07 bits per heavy atom. The molecule has 2 heterocycles. The topological polar surface area (TPSA) is 145 Å². The number of carbonyl (C=O) groups is 3. The predicted octanol–water partition coefficient (Wildman–Crippen LogP) is 1.51. The fourth-order valence-corrected chi connectivity index (χ4v) is 3.95. The highest BCUT2D eigenvalue weighted by Gasteiger charge is 2.29. The molecule has 0 saturated carbocycles. The number of para-hydroxylation sites is 1. The van der Waals surface area contributed by atoms with Crippen LogP contribution < -0.4 is 20.7 Å². The molecule has 0 bridgehead atoms. The molecule has 4 aromatic rings. The molecule has 0 saturated heterocycles. The number of halogens is 3. The van der Waals surface area contributed by atoms with E-state index in [0.717, 1.165) is 22.0 Å². The zero-order chi connectivity index (χ0) is 29.4. The van der Waals surface area contributed by atoms with Gasteiger partial charge in [0.05, 0.1) is 11.6 Å². The van der Waals surface area contributed by atoms with Crippen LogP contribution in [0.25, 0.3) is 10.9 Å². The molecule has 2 aromatic heterocycles. The monoisotopic (exact) mass is 551 g/mol. The maximum atomic E-state index is 13.3. The van der Waals surface area contributed by atoms with Gasteiger partial charge < -0.3 is 25.5 Å². The van der Waals surface area contributed by atoms with Crippen LogP contribution in [0.4, 0.5) is 13.2 Å². The number of hydrogen-bond acceptors (Lipinski definition) is 5. The summed E-state index contributed by atoms with van der Waals surface area (Å²) in [6, 6.07) is 21.8. The van der Waals surface area contributed by atoms with Crippen LogP contribution in [-0.4, -0.2) is 34.6 Å². The standard InChI is InChI=1S/C26H23N5O2.C2HF3O2/c1-30-11-5-8-20(16-30)13-22(25(28)32)29-26(33)24-14-21-9-2-3-10-23(21)31(24)17-19-7-4-6-18(12-19)15-27;3-2(4,5)1(6)7/h2-12,14,16,22H,13,17H2,1H3,(H2-,28,29,32,33);(H,6,7)/t22-;/m1./s1. The normalized spacial score (nSPS) is 11.6. The lowest BCUT2D eigenvalue weighted by Crippen LogP contribution is -2.46. The number of aryl methyl sites for hydroxylation is 1. The van der Waals surface area contributed by atoms with E-state index in [-0.39, 0.29) is 5.91 Å². The van der Waals surface area contributed by atoms with E-state index in [1.165, 1.54) is 0 Å². The molecule has 0 fully saturated rings. The average molecular weight is 552 g/mol. The van der Waals surface area contributed by atoms with Crippen LogP contribution in [0.2, 0.25) is 0 Å². The van der Waals surface area contributed by atoms with Crippen LogP contribution in [-0.2, 0) is 29.6 Å². The third kappa shape index (κ3) is 7.67. The number of benzene rings is 2. The van der Waals surface area contributed by atoms with E-state index in [2.05, 4.69) is 11.4 Å². The van der Waals surface area contributed by atoms with Gasteiger partial charge in [0, 0.05) is 35.5 Å². The molecule has 9 nitrogen and oxygen atoms in total. The maximum absolute atomic E-state index is 13.3. The van der Waals surface area contributed by atoms with Crippen molar-refractivity contribution in [3.05, 3.63) is 102 Å². The van der Waals surface area contributed by atoms with Crippen molar-refractivity contribution < 1.29 is 37.2 Å². The van der Waals surface area contributed by atoms with Crippen LogP contribution in [0.3, 0.4) is 0 Å². The van der Waals surface area contributed by atoms with Crippen LogP contribution in [0.1, 0.15) is 27.2 Å². The molecule has 0 aliphatic carbocycles. The van der Waals surface area contributed by atoms with Gasteiger partial charge in [0.2, 0.25) is 5.91 Å². The minimum absolute atomic E-state index is 0.292. The lowest BCUT2D eigenvalue weighted by Gasteiger charge is -2.17. The van der Waals surface area contributed by atoms with E-state index < -0.39 is 24.1 Å². The van der Waals surface area contributed by atoms with Crippen LogP contribution in [0.15, 0.2) is 79.1 Å². The Morgan fingerprint density at radius 3 is 2.38 bits per heavy atom. The third-order valence-corrected chi connectivity index (χ3v) is 5.76. The molecule has 1 atom stereocenters. The van der Waals surface area contributed by atoms with Gasteiger partial charge in [-0.25, -0.2) is 4.57 Å². The molecule has 2 aromatic carbocycles. The second kappa shape index (κ2) is 12.6. The molecule has 4 rings (SSSR count). The summed E-state index contributed by atoms with van der Waals surface area (Å²) in [5.41, 5.74) is 9.26. The van der Waals surface area contributed by atoms with Crippen molar-refractivity contribution in [2.24, 2.45) is 12.8 Å². The molecular formula is C28H24F3N5O4. The number of carbonyl (C=O) groups excluding carboxylic acids is 3. The van der Waals surface area contributed by atoms with E-state index in [1.54, 1.807) is 18.2 Å². The molecular weight excluding hydrogens is 527 g/mol. The predicted molar refractivity (Wildman–Crippen MR) is 135 cm³/mol. The Balaban J connectivity index is 0.000000559. The second-order valence-corrected chi connectivity index (χ2v) is 8.78. The number of amides is 2. The quantitative estimate of drug-likeness (QED) is 0.335. The Kier molecular flexibility index (Phi) is 9.24. The lowest BCUT2D eigenvalue weighted by molar-refractivity contribution is -0.671. The van der Waals surface area contributed by atoms with E-state index in [4.69, 9.17) is 15.6 Å². The molecule has 40 heavy (non-hydrogen) atoms. The highest BCUT2D eigenvalue weighted by atomic mass is 19.4. The van der Waals surface area contributed by atoms with Crippen molar-refractivity contribution in [1.29, 1.82) is 5.26 Å². The van der Waals surface area contributed by atoms with E-state index in [1.807, 2.05) is 77.1 Å². The van der Waals surface area contributed by atoms with Crippen molar-refractivity contribution in [1.82, 2.24) is 9.88 Å². The molecule has 12 heteroatoms. The zero-order valence-electron chi connectivity index (χ0n) is 21.2. The number of aliphatic carboxylic acids is 1. The summed E-state index contributed by atoms with van der Waals surface area (Å²) >= 11 is 0.